The summed E-state index contributed by atoms with van der Waals surface area (Å²) < 4.78 is 0. The second-order valence-corrected chi connectivity index (χ2v) is 3.23. The van der Waals surface area contributed by atoms with E-state index in [4.69, 9.17) is 0 Å². The lowest BCUT2D eigenvalue weighted by molar-refractivity contribution is -0.116. The highest BCUT2D eigenvalue weighted by Gasteiger charge is 2.36. The number of nitrogens with one attached hydrogen (secondary N) is 1. The van der Waals surface area contributed by atoms with Crippen LogP contribution >= 0.6 is 0 Å². The van der Waals surface area contributed by atoms with Crippen LogP contribution in [0, 0.1) is 5.41 Å². The Hall–Kier alpha value is -0.790. The summed E-state index contributed by atoms with van der Waals surface area (Å²) in [5.41, 5.74) is 0.401. The zero-order valence-corrected chi connectivity index (χ0v) is 6.31. The fourth-order valence-corrected chi connectivity index (χ4v) is 0.763. The minimum Gasteiger partial charge on any atom is -0.352 e. The van der Waals surface area contributed by atoms with Crippen molar-refractivity contribution in [1.82, 2.24) is 5.32 Å². The molecule has 0 atom stereocenters. The fourth-order valence-electron chi connectivity index (χ4n) is 0.763. The molecule has 0 aromatic heterocycles. The maximum absolute atomic E-state index is 10.7. The first kappa shape index (κ1) is 7.32. The molecule has 0 aromatic carbocycles. The SMILES string of the molecule is C=CC(=O)NCC1(C)CC1. The van der Waals surface area contributed by atoms with Crippen molar-refractivity contribution in [2.45, 2.75) is 19.8 Å². The van der Waals surface area contributed by atoms with Crippen LogP contribution in [-0.4, -0.2) is 12.5 Å². The molecule has 0 saturated heterocycles. The van der Waals surface area contributed by atoms with Gasteiger partial charge in [0.1, 0.15) is 0 Å². The van der Waals surface area contributed by atoms with Crippen LogP contribution in [0.25, 0.3) is 0 Å². The van der Waals surface area contributed by atoms with Crippen molar-refractivity contribution in [2.24, 2.45) is 5.41 Å². The summed E-state index contributed by atoms with van der Waals surface area (Å²) in [6, 6.07) is 0. The lowest BCUT2D eigenvalue weighted by Crippen LogP contribution is -2.26. The van der Waals surface area contributed by atoms with Crippen LogP contribution in [0.1, 0.15) is 19.8 Å². The molecule has 2 nitrogen and oxygen atoms in total. The van der Waals surface area contributed by atoms with E-state index in [2.05, 4.69) is 18.8 Å². The fraction of sp³-hybridized carbons (Fsp3) is 0.625. The third-order valence-corrected chi connectivity index (χ3v) is 1.98. The number of hydrogen-bond acceptors (Lipinski definition) is 1. The van der Waals surface area contributed by atoms with Crippen molar-refractivity contribution >= 4 is 5.91 Å². The molecule has 1 rings (SSSR count). The molecule has 0 heterocycles. The number of amides is 1. The lowest BCUT2D eigenvalue weighted by atomic mass is 10.1. The van der Waals surface area contributed by atoms with Gasteiger partial charge in [-0.1, -0.05) is 13.5 Å². The topological polar surface area (TPSA) is 29.1 Å². The van der Waals surface area contributed by atoms with Crippen molar-refractivity contribution in [3.63, 3.8) is 0 Å². The largest absolute Gasteiger partial charge is 0.352 e. The average Bonchev–Trinajstić information content (AvgIpc) is 2.64. The Morgan fingerprint density at radius 1 is 1.80 bits per heavy atom. The molecule has 56 valence electrons. The Morgan fingerprint density at radius 3 is 2.80 bits per heavy atom. The molecule has 0 unspecified atom stereocenters. The maximum Gasteiger partial charge on any atom is 0.243 e. The highest BCUT2D eigenvalue weighted by Crippen LogP contribution is 2.43. The summed E-state index contributed by atoms with van der Waals surface area (Å²) in [7, 11) is 0. The Morgan fingerprint density at radius 2 is 2.40 bits per heavy atom. The summed E-state index contributed by atoms with van der Waals surface area (Å²) in [5, 5.41) is 2.78. The van der Waals surface area contributed by atoms with Gasteiger partial charge in [-0.15, -0.1) is 0 Å². The molecule has 1 aliphatic carbocycles. The van der Waals surface area contributed by atoms with Crippen molar-refractivity contribution in [3.8, 4) is 0 Å². The predicted octanol–water partition coefficient (Wildman–Crippen LogP) is 1.09. The van der Waals surface area contributed by atoms with E-state index in [0.717, 1.165) is 6.54 Å². The molecular formula is C8H13NO. The Labute approximate surface area is 61.3 Å². The molecule has 1 saturated carbocycles. The average molecular weight is 139 g/mol. The van der Waals surface area contributed by atoms with Crippen LogP contribution in [0.4, 0.5) is 0 Å². The normalized spacial score (nSPS) is 19.7. The molecule has 2 heteroatoms. The Balaban J connectivity index is 2.16. The van der Waals surface area contributed by atoms with Gasteiger partial charge in [0.15, 0.2) is 0 Å². The summed E-state index contributed by atoms with van der Waals surface area (Å²) >= 11 is 0. The van der Waals surface area contributed by atoms with E-state index < -0.39 is 0 Å². The van der Waals surface area contributed by atoms with Gasteiger partial charge < -0.3 is 5.32 Å². The van der Waals surface area contributed by atoms with Crippen molar-refractivity contribution in [2.75, 3.05) is 6.54 Å². The van der Waals surface area contributed by atoms with E-state index in [1.165, 1.54) is 18.9 Å². The van der Waals surface area contributed by atoms with E-state index in [9.17, 15) is 4.79 Å². The molecule has 0 bridgehead atoms. The van der Waals surface area contributed by atoms with Crippen molar-refractivity contribution < 1.29 is 4.79 Å². The predicted molar refractivity (Wildman–Crippen MR) is 40.5 cm³/mol. The number of hydrogen-bond donors (Lipinski definition) is 1. The van der Waals surface area contributed by atoms with Gasteiger partial charge in [0.2, 0.25) is 5.91 Å². The summed E-state index contributed by atoms with van der Waals surface area (Å²) in [5.74, 6) is -0.0619. The van der Waals surface area contributed by atoms with E-state index >= 15 is 0 Å². The minimum atomic E-state index is -0.0619. The van der Waals surface area contributed by atoms with Crippen LogP contribution in [0.15, 0.2) is 12.7 Å². The van der Waals surface area contributed by atoms with Gasteiger partial charge in [-0.25, -0.2) is 0 Å². The molecule has 0 aliphatic heterocycles. The molecule has 1 N–H and O–H groups in total. The number of carbonyl (C=O) groups is 1. The van der Waals surface area contributed by atoms with Crippen molar-refractivity contribution in [3.05, 3.63) is 12.7 Å². The van der Waals surface area contributed by atoms with E-state index in [1.807, 2.05) is 0 Å². The summed E-state index contributed by atoms with van der Waals surface area (Å²) in [6.45, 7) is 6.35. The first-order valence-corrected chi connectivity index (χ1v) is 3.57. The molecule has 0 radical (unpaired) electrons. The first-order valence-electron chi connectivity index (χ1n) is 3.57. The monoisotopic (exact) mass is 139 g/mol. The number of carbonyl (C=O) groups excluding carboxylic acids is 1. The third-order valence-electron chi connectivity index (χ3n) is 1.98. The van der Waals surface area contributed by atoms with Gasteiger partial charge in [0.25, 0.3) is 0 Å². The van der Waals surface area contributed by atoms with Crippen LogP contribution < -0.4 is 5.32 Å². The Kier molecular flexibility index (Phi) is 1.79. The molecule has 0 aromatic rings. The van der Waals surface area contributed by atoms with Crippen molar-refractivity contribution in [1.29, 1.82) is 0 Å². The maximum atomic E-state index is 10.7. The molecule has 1 fully saturated rings. The molecule has 10 heavy (non-hydrogen) atoms. The second-order valence-electron chi connectivity index (χ2n) is 3.23. The zero-order valence-electron chi connectivity index (χ0n) is 6.31. The van der Waals surface area contributed by atoms with Gasteiger partial charge in [0, 0.05) is 6.54 Å². The zero-order chi connectivity index (χ0) is 7.61. The van der Waals surface area contributed by atoms with E-state index in [-0.39, 0.29) is 5.91 Å². The van der Waals surface area contributed by atoms with Crippen LogP contribution in [0.3, 0.4) is 0 Å². The summed E-state index contributed by atoms with van der Waals surface area (Å²) in [6.07, 6.45) is 3.79. The number of rotatable bonds is 3. The van der Waals surface area contributed by atoms with Crippen LogP contribution in [-0.2, 0) is 4.79 Å². The highest BCUT2D eigenvalue weighted by atomic mass is 16.1. The molecular weight excluding hydrogens is 126 g/mol. The lowest BCUT2D eigenvalue weighted by Gasteiger charge is -2.06. The van der Waals surface area contributed by atoms with Gasteiger partial charge in [-0.05, 0) is 24.3 Å². The van der Waals surface area contributed by atoms with Gasteiger partial charge >= 0.3 is 0 Å². The second kappa shape index (κ2) is 2.45. The van der Waals surface area contributed by atoms with E-state index in [0.29, 0.717) is 5.41 Å². The standard InChI is InChI=1S/C8H13NO/c1-3-7(10)9-6-8(2)4-5-8/h3H,1,4-6H2,2H3,(H,9,10). The molecule has 1 aliphatic rings. The molecule has 1 amide bonds. The minimum absolute atomic E-state index is 0.0619. The quantitative estimate of drug-likeness (QED) is 0.582. The Bertz CT molecular complexity index is 159. The summed E-state index contributed by atoms with van der Waals surface area (Å²) in [4.78, 5) is 10.7. The van der Waals surface area contributed by atoms with Gasteiger partial charge in [0.05, 0.1) is 0 Å². The smallest absolute Gasteiger partial charge is 0.243 e. The van der Waals surface area contributed by atoms with Crippen LogP contribution in [0.5, 0.6) is 0 Å². The first-order chi connectivity index (χ1) is 4.66. The highest BCUT2D eigenvalue weighted by molar-refractivity contribution is 5.86. The third kappa shape index (κ3) is 1.87. The van der Waals surface area contributed by atoms with Gasteiger partial charge in [-0.3, -0.25) is 4.79 Å². The van der Waals surface area contributed by atoms with Crippen LogP contribution in [0.2, 0.25) is 0 Å². The van der Waals surface area contributed by atoms with Gasteiger partial charge in [-0.2, -0.15) is 0 Å². The van der Waals surface area contributed by atoms with E-state index in [1.54, 1.807) is 0 Å². The molecule has 0 spiro atoms.